The van der Waals surface area contributed by atoms with Gasteiger partial charge in [-0.25, -0.2) is 9.67 Å². The molecule has 0 atom stereocenters. The quantitative estimate of drug-likeness (QED) is 0.770. The molecule has 0 aliphatic heterocycles. The fourth-order valence-electron chi connectivity index (χ4n) is 1.38. The molecule has 2 N–H and O–H groups in total. The van der Waals surface area contributed by atoms with Crippen LogP contribution in [-0.2, 0) is 6.54 Å². The van der Waals surface area contributed by atoms with Crippen LogP contribution in [0.4, 0.5) is 5.95 Å². The van der Waals surface area contributed by atoms with Crippen LogP contribution in [0.3, 0.4) is 0 Å². The van der Waals surface area contributed by atoms with E-state index in [0.717, 1.165) is 0 Å². The summed E-state index contributed by atoms with van der Waals surface area (Å²) in [6.45, 7) is 2.74. The van der Waals surface area contributed by atoms with E-state index in [1.165, 1.54) is 17.5 Å². The highest BCUT2D eigenvalue weighted by Gasteiger charge is 2.00. The number of aryl methyl sites for hydroxylation is 1. The molecule has 0 bridgehead atoms. The molecule has 2 rings (SSSR count). The Balaban J connectivity index is 2.23. The topological polar surface area (TPSA) is 56.7 Å². The average molecular weight is 188 g/mol. The fraction of sp³-hybridized carbons (Fsp3) is 0.200. The molecule has 1 aromatic heterocycles. The standard InChI is InChI=1S/C10H12N4/c1-8-3-2-4-9(5-8)6-14-10(11)12-7-13-14/h2-5,7H,6H2,1H3,(H2,11,12,13). The molecule has 14 heavy (non-hydrogen) atoms. The molecule has 0 saturated carbocycles. The number of nitrogen functional groups attached to an aromatic ring is 1. The second-order valence-corrected chi connectivity index (χ2v) is 3.26. The third-order valence-electron chi connectivity index (χ3n) is 2.06. The monoisotopic (exact) mass is 188 g/mol. The van der Waals surface area contributed by atoms with Crippen molar-refractivity contribution in [2.75, 3.05) is 5.73 Å². The van der Waals surface area contributed by atoms with Gasteiger partial charge in [0.25, 0.3) is 0 Å². The van der Waals surface area contributed by atoms with Crippen LogP contribution >= 0.6 is 0 Å². The molecule has 0 unspecified atom stereocenters. The van der Waals surface area contributed by atoms with Crippen molar-refractivity contribution in [1.82, 2.24) is 14.8 Å². The summed E-state index contributed by atoms with van der Waals surface area (Å²) in [6.07, 6.45) is 1.46. The summed E-state index contributed by atoms with van der Waals surface area (Å²) in [6, 6.07) is 8.25. The zero-order valence-electron chi connectivity index (χ0n) is 8.01. The van der Waals surface area contributed by atoms with Gasteiger partial charge in [0.15, 0.2) is 0 Å². The molecule has 0 fully saturated rings. The molecule has 0 aliphatic carbocycles. The number of hydrogen-bond acceptors (Lipinski definition) is 3. The molecule has 4 heteroatoms. The lowest BCUT2D eigenvalue weighted by Crippen LogP contribution is -2.06. The molecular formula is C10H12N4. The van der Waals surface area contributed by atoms with E-state index in [2.05, 4.69) is 29.1 Å². The second kappa shape index (κ2) is 3.49. The Labute approximate surface area is 82.4 Å². The van der Waals surface area contributed by atoms with Gasteiger partial charge in [0.05, 0.1) is 6.54 Å². The van der Waals surface area contributed by atoms with Crippen LogP contribution < -0.4 is 5.73 Å². The summed E-state index contributed by atoms with van der Waals surface area (Å²) in [5.41, 5.74) is 8.04. The fourth-order valence-corrected chi connectivity index (χ4v) is 1.38. The second-order valence-electron chi connectivity index (χ2n) is 3.26. The maximum absolute atomic E-state index is 5.62. The highest BCUT2D eigenvalue weighted by atomic mass is 15.4. The molecule has 4 nitrogen and oxygen atoms in total. The first-order valence-electron chi connectivity index (χ1n) is 4.44. The Kier molecular flexibility index (Phi) is 2.18. The normalized spacial score (nSPS) is 10.4. The van der Waals surface area contributed by atoms with Crippen molar-refractivity contribution in [2.24, 2.45) is 0 Å². The average Bonchev–Trinajstić information content (AvgIpc) is 2.52. The number of nitrogens with two attached hydrogens (primary N) is 1. The zero-order chi connectivity index (χ0) is 9.97. The predicted molar refractivity (Wildman–Crippen MR) is 54.7 cm³/mol. The first-order chi connectivity index (χ1) is 6.75. The van der Waals surface area contributed by atoms with E-state index in [-0.39, 0.29) is 0 Å². The van der Waals surface area contributed by atoms with Gasteiger partial charge in [-0.05, 0) is 12.5 Å². The van der Waals surface area contributed by atoms with E-state index in [1.54, 1.807) is 4.68 Å². The molecular weight excluding hydrogens is 176 g/mol. The van der Waals surface area contributed by atoms with Gasteiger partial charge < -0.3 is 5.73 Å². The maximum atomic E-state index is 5.62. The smallest absolute Gasteiger partial charge is 0.218 e. The van der Waals surface area contributed by atoms with Gasteiger partial charge in [0.2, 0.25) is 5.95 Å². The third-order valence-corrected chi connectivity index (χ3v) is 2.06. The first-order valence-corrected chi connectivity index (χ1v) is 4.44. The van der Waals surface area contributed by atoms with Crippen LogP contribution in [0.25, 0.3) is 0 Å². The number of aromatic nitrogens is 3. The molecule has 1 heterocycles. The van der Waals surface area contributed by atoms with Crippen LogP contribution in [0, 0.1) is 6.92 Å². The molecule has 0 saturated heterocycles. The van der Waals surface area contributed by atoms with Crippen molar-refractivity contribution >= 4 is 5.95 Å². The molecule has 0 aliphatic rings. The van der Waals surface area contributed by atoms with Crippen molar-refractivity contribution in [3.63, 3.8) is 0 Å². The summed E-state index contributed by atoms with van der Waals surface area (Å²) in [7, 11) is 0. The minimum Gasteiger partial charge on any atom is -0.368 e. The van der Waals surface area contributed by atoms with Crippen molar-refractivity contribution in [2.45, 2.75) is 13.5 Å². The summed E-state index contributed by atoms with van der Waals surface area (Å²) in [5, 5.41) is 4.02. The van der Waals surface area contributed by atoms with Crippen LogP contribution in [0.1, 0.15) is 11.1 Å². The Morgan fingerprint density at radius 1 is 1.43 bits per heavy atom. The summed E-state index contributed by atoms with van der Waals surface area (Å²) >= 11 is 0. The lowest BCUT2D eigenvalue weighted by molar-refractivity contribution is 0.696. The Hall–Kier alpha value is -1.84. The number of hydrogen-bond donors (Lipinski definition) is 1. The van der Waals surface area contributed by atoms with E-state index in [1.807, 2.05) is 12.1 Å². The van der Waals surface area contributed by atoms with E-state index >= 15 is 0 Å². The number of rotatable bonds is 2. The Bertz CT molecular complexity index is 433. The largest absolute Gasteiger partial charge is 0.368 e. The lowest BCUT2D eigenvalue weighted by Gasteiger charge is -2.03. The summed E-state index contributed by atoms with van der Waals surface area (Å²) in [5.74, 6) is 0.450. The first kappa shape index (κ1) is 8.74. The van der Waals surface area contributed by atoms with Gasteiger partial charge in [-0.15, -0.1) is 0 Å². The van der Waals surface area contributed by atoms with E-state index in [0.29, 0.717) is 12.5 Å². The minimum atomic E-state index is 0.450. The number of anilines is 1. The summed E-state index contributed by atoms with van der Waals surface area (Å²) < 4.78 is 1.68. The van der Waals surface area contributed by atoms with E-state index in [9.17, 15) is 0 Å². The zero-order valence-corrected chi connectivity index (χ0v) is 8.01. The van der Waals surface area contributed by atoms with Crippen molar-refractivity contribution < 1.29 is 0 Å². The number of benzene rings is 1. The highest BCUT2D eigenvalue weighted by Crippen LogP contribution is 2.07. The van der Waals surface area contributed by atoms with Crippen molar-refractivity contribution in [1.29, 1.82) is 0 Å². The van der Waals surface area contributed by atoms with Gasteiger partial charge in [-0.2, -0.15) is 5.10 Å². The van der Waals surface area contributed by atoms with Gasteiger partial charge in [0, 0.05) is 0 Å². The van der Waals surface area contributed by atoms with Crippen LogP contribution in [0.5, 0.6) is 0 Å². The summed E-state index contributed by atoms with van der Waals surface area (Å²) in [4.78, 5) is 3.86. The Morgan fingerprint density at radius 3 is 2.93 bits per heavy atom. The van der Waals surface area contributed by atoms with Gasteiger partial charge in [-0.1, -0.05) is 29.8 Å². The SMILES string of the molecule is Cc1cccc(Cn2ncnc2N)c1. The number of nitrogens with zero attached hydrogens (tertiary/aromatic N) is 3. The molecule has 72 valence electrons. The Morgan fingerprint density at radius 2 is 2.29 bits per heavy atom. The maximum Gasteiger partial charge on any atom is 0.218 e. The van der Waals surface area contributed by atoms with Gasteiger partial charge in [-0.3, -0.25) is 0 Å². The molecule has 1 aromatic carbocycles. The van der Waals surface area contributed by atoms with Crippen LogP contribution in [-0.4, -0.2) is 14.8 Å². The molecule has 2 aromatic rings. The van der Waals surface area contributed by atoms with E-state index < -0.39 is 0 Å². The van der Waals surface area contributed by atoms with Crippen LogP contribution in [0.15, 0.2) is 30.6 Å². The van der Waals surface area contributed by atoms with Gasteiger partial charge >= 0.3 is 0 Å². The van der Waals surface area contributed by atoms with Crippen molar-refractivity contribution in [3.05, 3.63) is 41.7 Å². The third kappa shape index (κ3) is 1.74. The van der Waals surface area contributed by atoms with Crippen molar-refractivity contribution in [3.8, 4) is 0 Å². The van der Waals surface area contributed by atoms with Gasteiger partial charge in [0.1, 0.15) is 6.33 Å². The van der Waals surface area contributed by atoms with E-state index in [4.69, 9.17) is 5.73 Å². The minimum absolute atomic E-state index is 0.450. The highest BCUT2D eigenvalue weighted by molar-refractivity contribution is 5.24. The lowest BCUT2D eigenvalue weighted by atomic mass is 10.1. The predicted octanol–water partition coefficient (Wildman–Crippen LogP) is 1.22. The molecule has 0 spiro atoms. The molecule has 0 radical (unpaired) electrons. The van der Waals surface area contributed by atoms with Crippen LogP contribution in [0.2, 0.25) is 0 Å². The molecule has 0 amide bonds.